The molecule has 1 aliphatic rings. The molecule has 0 aliphatic carbocycles. The van der Waals surface area contributed by atoms with Crippen LogP contribution in [0.2, 0.25) is 0 Å². The molecule has 13 nitrogen and oxygen atoms in total. The fraction of sp³-hybridized carbons (Fsp3) is 0.643. The number of fused-ring (bicyclic) bond motifs is 1. The predicted octanol–water partition coefficient (Wildman–Crippen LogP) is 2.78. The lowest BCUT2D eigenvalue weighted by Gasteiger charge is -2.35. The number of carbonyl (C=O) groups is 1. The van der Waals surface area contributed by atoms with E-state index in [2.05, 4.69) is 9.88 Å². The van der Waals surface area contributed by atoms with E-state index in [9.17, 15) is 26.7 Å². The molecule has 4 atom stereocenters. The largest absolute Gasteiger partial charge is 0.490 e. The first-order valence-electron chi connectivity index (χ1n) is 14.3. The maximum atomic E-state index is 14.1. The molecule has 1 aliphatic heterocycles. The molecule has 15 heteroatoms. The summed E-state index contributed by atoms with van der Waals surface area (Å²) in [4.78, 5) is 15.6. The Morgan fingerprint density at radius 2 is 1.88 bits per heavy atom. The molecule has 2 N–H and O–H groups in total. The van der Waals surface area contributed by atoms with E-state index in [1.54, 1.807) is 26.8 Å². The molecule has 242 valence electrons. The average Bonchev–Trinajstić information content (AvgIpc) is 3.27. The summed E-state index contributed by atoms with van der Waals surface area (Å²) in [5.74, 6) is -0.351. The number of nitrogens with zero attached hydrogens (tertiary/aromatic N) is 3. The summed E-state index contributed by atoms with van der Waals surface area (Å²) in [5.41, 5.74) is 0.599. The number of aliphatic hydroxyl groups excluding tert-OH is 1. The third-order valence-corrected chi connectivity index (χ3v) is 10.1. The van der Waals surface area contributed by atoms with Crippen LogP contribution >= 0.6 is 0 Å². The van der Waals surface area contributed by atoms with Crippen LogP contribution in [0.4, 0.5) is 5.69 Å². The minimum Gasteiger partial charge on any atom is -0.490 e. The number of likely N-dealkylation sites (N-methyl/N-ethyl adjacent to an activating group) is 1. The van der Waals surface area contributed by atoms with Gasteiger partial charge in [0.05, 0.1) is 36.7 Å². The number of aliphatic hydroxyl groups is 1. The number of aryl methyl sites for hydroxylation is 2. The van der Waals surface area contributed by atoms with Gasteiger partial charge in [0, 0.05) is 38.3 Å². The summed E-state index contributed by atoms with van der Waals surface area (Å²) in [6, 6.07) is 3.90. The highest BCUT2D eigenvalue weighted by molar-refractivity contribution is 7.92. The molecular weight excluding hydrogens is 600 g/mol. The van der Waals surface area contributed by atoms with Crippen molar-refractivity contribution in [1.82, 2.24) is 14.4 Å². The lowest BCUT2D eigenvalue weighted by Crippen LogP contribution is -2.48. The fourth-order valence-corrected chi connectivity index (χ4v) is 7.03. The van der Waals surface area contributed by atoms with Gasteiger partial charge >= 0.3 is 0 Å². The molecule has 1 aromatic heterocycles. The SMILES string of the molecule is Cc1noc(C)c1S(=O)(=O)N(C)C[C@@H]1OCCCC[C@@H](C)Oc2ccc(NS(C)(=O)=O)cc2C(=O)N([C@@H](C)CO)C[C@@H]1C. The summed E-state index contributed by atoms with van der Waals surface area (Å²) in [5, 5.41) is 13.9. The lowest BCUT2D eigenvalue weighted by molar-refractivity contribution is -0.00835. The zero-order valence-corrected chi connectivity index (χ0v) is 27.5. The molecule has 0 unspecified atom stereocenters. The van der Waals surface area contributed by atoms with Gasteiger partial charge in [0.15, 0.2) is 5.76 Å². The molecule has 0 saturated heterocycles. The summed E-state index contributed by atoms with van der Waals surface area (Å²) in [6.45, 7) is 8.71. The Hall–Kier alpha value is -2.72. The van der Waals surface area contributed by atoms with Gasteiger partial charge < -0.3 is 24.0 Å². The molecule has 2 aromatic rings. The van der Waals surface area contributed by atoms with Crippen molar-refractivity contribution in [2.45, 2.75) is 77.0 Å². The van der Waals surface area contributed by atoms with Crippen molar-refractivity contribution in [2.24, 2.45) is 5.92 Å². The zero-order chi connectivity index (χ0) is 32.1. The van der Waals surface area contributed by atoms with E-state index < -0.39 is 38.1 Å². The number of ether oxygens (including phenoxy) is 2. The van der Waals surface area contributed by atoms with Crippen molar-refractivity contribution in [1.29, 1.82) is 0 Å². The maximum absolute atomic E-state index is 14.1. The topological polar surface area (TPSA) is 169 Å². The Labute approximate surface area is 254 Å². The van der Waals surface area contributed by atoms with Crippen LogP contribution in [0, 0.1) is 19.8 Å². The second-order valence-electron chi connectivity index (χ2n) is 11.3. The van der Waals surface area contributed by atoms with Crippen LogP contribution in [-0.4, -0.2) is 100 Å². The Kier molecular flexibility index (Phi) is 11.6. The standard InChI is InChI=1S/C28H44N4O9S2/c1-18-15-32(19(2)17-33)28(34)24-14-23(30-42(7,35)36)11-12-25(24)40-20(3)10-8-9-13-39-26(18)16-31(6)43(37,38)27-21(4)29-41-22(27)5/h11-12,14,18-20,26,30,33H,8-10,13,15-17H2,1-7H3/t18-,19-,20+,26-/m0/s1. The highest BCUT2D eigenvalue weighted by Crippen LogP contribution is 2.29. The zero-order valence-electron chi connectivity index (χ0n) is 25.9. The Morgan fingerprint density at radius 3 is 2.49 bits per heavy atom. The molecule has 1 amide bonds. The summed E-state index contributed by atoms with van der Waals surface area (Å²) >= 11 is 0. The van der Waals surface area contributed by atoms with E-state index in [1.165, 1.54) is 28.4 Å². The Balaban J connectivity index is 2.00. The third kappa shape index (κ3) is 8.91. The van der Waals surface area contributed by atoms with Crippen molar-refractivity contribution in [3.8, 4) is 5.75 Å². The summed E-state index contributed by atoms with van der Waals surface area (Å²) < 4.78 is 71.8. The molecule has 2 heterocycles. The highest BCUT2D eigenvalue weighted by atomic mass is 32.2. The molecular formula is C28H44N4O9S2. The first-order chi connectivity index (χ1) is 20.0. The van der Waals surface area contributed by atoms with E-state index in [0.29, 0.717) is 25.2 Å². The minimum absolute atomic E-state index is 0.00161. The monoisotopic (exact) mass is 644 g/mol. The van der Waals surface area contributed by atoms with Crippen molar-refractivity contribution in [2.75, 3.05) is 44.3 Å². The van der Waals surface area contributed by atoms with Crippen LogP contribution in [0.1, 0.15) is 61.8 Å². The van der Waals surface area contributed by atoms with Crippen LogP contribution in [0.15, 0.2) is 27.6 Å². The quantitative estimate of drug-likeness (QED) is 0.436. The first-order valence-corrected chi connectivity index (χ1v) is 17.6. The van der Waals surface area contributed by atoms with Gasteiger partial charge in [-0.2, -0.15) is 4.31 Å². The highest BCUT2D eigenvalue weighted by Gasteiger charge is 2.34. The van der Waals surface area contributed by atoms with Crippen molar-refractivity contribution < 1.29 is 40.7 Å². The van der Waals surface area contributed by atoms with Gasteiger partial charge in [-0.3, -0.25) is 9.52 Å². The first kappa shape index (κ1) is 34.8. The number of hydrogen-bond acceptors (Lipinski definition) is 10. The van der Waals surface area contributed by atoms with Gasteiger partial charge in [-0.25, -0.2) is 16.8 Å². The summed E-state index contributed by atoms with van der Waals surface area (Å²) in [6.07, 6.45) is 2.29. The van der Waals surface area contributed by atoms with E-state index in [1.807, 2.05) is 13.8 Å². The van der Waals surface area contributed by atoms with Crippen LogP contribution in [0.25, 0.3) is 0 Å². The van der Waals surface area contributed by atoms with Crippen molar-refractivity contribution >= 4 is 31.6 Å². The molecule has 0 radical (unpaired) electrons. The number of benzene rings is 1. The van der Waals surface area contributed by atoms with Gasteiger partial charge in [0.25, 0.3) is 5.91 Å². The van der Waals surface area contributed by atoms with Gasteiger partial charge in [-0.1, -0.05) is 12.1 Å². The second kappa shape index (κ2) is 14.4. The third-order valence-electron chi connectivity index (χ3n) is 7.43. The average molecular weight is 645 g/mol. The molecule has 43 heavy (non-hydrogen) atoms. The number of nitrogens with one attached hydrogen (secondary N) is 1. The van der Waals surface area contributed by atoms with Gasteiger partial charge in [-0.05, 0) is 65.2 Å². The van der Waals surface area contributed by atoms with Crippen LogP contribution < -0.4 is 9.46 Å². The Morgan fingerprint density at radius 1 is 1.19 bits per heavy atom. The van der Waals surface area contributed by atoms with Crippen molar-refractivity contribution in [3.05, 3.63) is 35.2 Å². The molecule has 0 saturated carbocycles. The minimum atomic E-state index is -3.95. The maximum Gasteiger partial charge on any atom is 0.258 e. The molecule has 0 spiro atoms. The lowest BCUT2D eigenvalue weighted by atomic mass is 10.0. The van der Waals surface area contributed by atoms with E-state index >= 15 is 0 Å². The molecule has 1 aromatic carbocycles. The van der Waals surface area contributed by atoms with Gasteiger partial charge in [-0.15, -0.1) is 0 Å². The molecule has 0 bridgehead atoms. The second-order valence-corrected chi connectivity index (χ2v) is 15.1. The number of rotatable bonds is 8. The number of anilines is 1. The number of carbonyl (C=O) groups excluding carboxylic acids is 1. The molecule has 3 rings (SSSR count). The van der Waals surface area contributed by atoms with E-state index in [4.69, 9.17) is 14.0 Å². The van der Waals surface area contributed by atoms with E-state index in [-0.39, 0.29) is 59.3 Å². The fourth-order valence-electron chi connectivity index (χ4n) is 5.01. The van der Waals surface area contributed by atoms with E-state index in [0.717, 1.165) is 12.7 Å². The Bertz CT molecular complexity index is 1460. The summed E-state index contributed by atoms with van der Waals surface area (Å²) in [7, 11) is -6.10. The van der Waals surface area contributed by atoms with Gasteiger partial charge in [0.1, 0.15) is 16.3 Å². The smallest absolute Gasteiger partial charge is 0.258 e. The number of hydrogen-bond donors (Lipinski definition) is 2. The van der Waals surface area contributed by atoms with Crippen molar-refractivity contribution in [3.63, 3.8) is 0 Å². The van der Waals surface area contributed by atoms with Crippen LogP contribution in [0.5, 0.6) is 5.75 Å². The number of sulfonamides is 2. The van der Waals surface area contributed by atoms with Gasteiger partial charge in [0.2, 0.25) is 20.0 Å². The normalized spacial score (nSPS) is 22.0. The molecule has 0 fully saturated rings. The predicted molar refractivity (Wildman–Crippen MR) is 161 cm³/mol. The number of aromatic nitrogens is 1. The number of amides is 1. The van der Waals surface area contributed by atoms with Crippen LogP contribution in [0.3, 0.4) is 0 Å². The van der Waals surface area contributed by atoms with Crippen LogP contribution in [-0.2, 0) is 24.8 Å².